The second-order valence-corrected chi connectivity index (χ2v) is 5.67. The van der Waals surface area contributed by atoms with E-state index in [1.807, 2.05) is 54.6 Å². The van der Waals surface area contributed by atoms with E-state index in [2.05, 4.69) is 28.5 Å². The third-order valence-electron chi connectivity index (χ3n) is 4.02. The van der Waals surface area contributed by atoms with E-state index in [1.165, 1.54) is 5.39 Å². The van der Waals surface area contributed by atoms with Crippen molar-refractivity contribution in [3.8, 4) is 11.3 Å². The lowest BCUT2D eigenvalue weighted by Crippen LogP contribution is -2.11. The number of amides is 1. The van der Waals surface area contributed by atoms with Crippen molar-refractivity contribution in [1.82, 2.24) is 4.98 Å². The molecule has 1 aromatic heterocycles. The van der Waals surface area contributed by atoms with Crippen molar-refractivity contribution in [3.63, 3.8) is 0 Å². The Balaban J connectivity index is 1.55. The molecule has 3 heteroatoms. The van der Waals surface area contributed by atoms with Crippen LogP contribution in [-0.2, 0) is 0 Å². The predicted octanol–water partition coefficient (Wildman–Crippen LogP) is 5.09. The van der Waals surface area contributed by atoms with Crippen molar-refractivity contribution in [2.75, 3.05) is 5.32 Å². The van der Waals surface area contributed by atoms with Crippen molar-refractivity contribution < 1.29 is 4.79 Å². The molecule has 0 radical (unpaired) electrons. The highest BCUT2D eigenvalue weighted by atomic mass is 16.1. The first-order valence-electron chi connectivity index (χ1n) is 7.84. The fourth-order valence-corrected chi connectivity index (χ4v) is 2.75. The van der Waals surface area contributed by atoms with E-state index in [9.17, 15) is 4.79 Å². The molecule has 0 bridgehead atoms. The maximum atomic E-state index is 12.2. The fraction of sp³-hybridized carbons (Fsp3) is 0. The molecular weight excluding hydrogens is 296 g/mol. The van der Waals surface area contributed by atoms with Gasteiger partial charge in [-0.25, -0.2) is 0 Å². The first-order chi connectivity index (χ1) is 11.8. The molecule has 0 aliphatic heterocycles. The average Bonchev–Trinajstić information content (AvgIpc) is 3.07. The van der Waals surface area contributed by atoms with Gasteiger partial charge in [-0.3, -0.25) is 4.79 Å². The number of hydrogen-bond donors (Lipinski definition) is 2. The Bertz CT molecular complexity index is 952. The van der Waals surface area contributed by atoms with Crippen LogP contribution in [0.1, 0.15) is 10.4 Å². The molecule has 0 unspecified atom stereocenters. The number of anilines is 1. The Morgan fingerprint density at radius 2 is 1.50 bits per heavy atom. The van der Waals surface area contributed by atoms with E-state index >= 15 is 0 Å². The Hall–Kier alpha value is -3.33. The fourth-order valence-electron chi connectivity index (χ4n) is 2.75. The lowest BCUT2D eigenvalue weighted by molar-refractivity contribution is 0.102. The summed E-state index contributed by atoms with van der Waals surface area (Å²) in [5, 5.41) is 4.10. The zero-order valence-corrected chi connectivity index (χ0v) is 13.0. The highest BCUT2D eigenvalue weighted by molar-refractivity contribution is 6.04. The molecule has 4 rings (SSSR count). The summed E-state index contributed by atoms with van der Waals surface area (Å²) in [6.45, 7) is 0. The van der Waals surface area contributed by atoms with Crippen LogP contribution in [-0.4, -0.2) is 10.9 Å². The molecule has 1 heterocycles. The van der Waals surface area contributed by atoms with Crippen LogP contribution < -0.4 is 5.32 Å². The number of H-pyrrole nitrogens is 1. The number of benzene rings is 3. The second-order valence-electron chi connectivity index (χ2n) is 5.67. The van der Waals surface area contributed by atoms with Crippen LogP contribution in [0.25, 0.3) is 22.2 Å². The summed E-state index contributed by atoms with van der Waals surface area (Å²) in [6, 6.07) is 27.4. The molecule has 0 spiro atoms. The number of para-hydroxylation sites is 1. The Morgan fingerprint density at radius 3 is 2.25 bits per heavy atom. The monoisotopic (exact) mass is 312 g/mol. The van der Waals surface area contributed by atoms with Crippen LogP contribution in [0.5, 0.6) is 0 Å². The molecule has 3 aromatic carbocycles. The van der Waals surface area contributed by atoms with Crippen molar-refractivity contribution in [2.45, 2.75) is 0 Å². The number of rotatable bonds is 3. The third kappa shape index (κ3) is 2.79. The molecule has 0 aliphatic rings. The second kappa shape index (κ2) is 6.05. The Morgan fingerprint density at radius 1 is 0.792 bits per heavy atom. The van der Waals surface area contributed by atoms with Gasteiger partial charge in [0.15, 0.2) is 0 Å². The normalized spacial score (nSPS) is 10.7. The van der Waals surface area contributed by atoms with Gasteiger partial charge in [-0.05, 0) is 42.0 Å². The van der Waals surface area contributed by atoms with Crippen LogP contribution in [0.15, 0.2) is 84.9 Å². The Kier molecular flexibility index (Phi) is 3.60. The predicted molar refractivity (Wildman–Crippen MR) is 98.1 cm³/mol. The minimum absolute atomic E-state index is 0.103. The topological polar surface area (TPSA) is 44.9 Å². The lowest BCUT2D eigenvalue weighted by atomic mass is 10.1. The molecular formula is C21H16N2O. The molecule has 1 amide bonds. The number of fused-ring (bicyclic) bond motifs is 1. The number of nitrogens with one attached hydrogen (secondary N) is 2. The van der Waals surface area contributed by atoms with E-state index in [1.54, 1.807) is 12.1 Å². The lowest BCUT2D eigenvalue weighted by Gasteiger charge is -2.06. The molecule has 3 nitrogen and oxygen atoms in total. The van der Waals surface area contributed by atoms with Gasteiger partial charge in [-0.15, -0.1) is 0 Å². The van der Waals surface area contributed by atoms with E-state index in [0.29, 0.717) is 5.56 Å². The van der Waals surface area contributed by atoms with Crippen molar-refractivity contribution >= 4 is 22.5 Å². The van der Waals surface area contributed by atoms with Crippen LogP contribution >= 0.6 is 0 Å². The number of carbonyl (C=O) groups is 1. The average molecular weight is 312 g/mol. The first kappa shape index (κ1) is 14.3. The smallest absolute Gasteiger partial charge is 0.255 e. The van der Waals surface area contributed by atoms with Gasteiger partial charge in [-0.2, -0.15) is 0 Å². The van der Waals surface area contributed by atoms with Gasteiger partial charge in [0.2, 0.25) is 0 Å². The number of carbonyl (C=O) groups excluding carboxylic acids is 1. The standard InChI is InChI=1S/C21H16N2O/c24-21(16-6-2-1-3-7-16)22-18-12-10-15(11-13-18)20-14-17-8-4-5-9-19(17)23-20/h1-14,23H,(H,22,24). The summed E-state index contributed by atoms with van der Waals surface area (Å²) in [5.41, 5.74) is 4.70. The molecule has 116 valence electrons. The molecule has 0 atom stereocenters. The van der Waals surface area contributed by atoms with Gasteiger partial charge in [0.05, 0.1) is 0 Å². The van der Waals surface area contributed by atoms with E-state index < -0.39 is 0 Å². The molecule has 0 fully saturated rings. The van der Waals surface area contributed by atoms with Gasteiger partial charge < -0.3 is 10.3 Å². The van der Waals surface area contributed by atoms with Crippen LogP contribution in [0.2, 0.25) is 0 Å². The van der Waals surface area contributed by atoms with E-state index in [-0.39, 0.29) is 5.91 Å². The van der Waals surface area contributed by atoms with Crippen LogP contribution in [0.3, 0.4) is 0 Å². The van der Waals surface area contributed by atoms with E-state index in [4.69, 9.17) is 0 Å². The van der Waals surface area contributed by atoms with Gasteiger partial charge in [0.25, 0.3) is 5.91 Å². The van der Waals surface area contributed by atoms with Crippen LogP contribution in [0.4, 0.5) is 5.69 Å². The largest absolute Gasteiger partial charge is 0.355 e. The van der Waals surface area contributed by atoms with Gasteiger partial charge in [0, 0.05) is 27.8 Å². The van der Waals surface area contributed by atoms with Gasteiger partial charge >= 0.3 is 0 Å². The number of aromatic nitrogens is 1. The number of hydrogen-bond acceptors (Lipinski definition) is 1. The molecule has 4 aromatic rings. The van der Waals surface area contributed by atoms with Crippen LogP contribution in [0, 0.1) is 0 Å². The summed E-state index contributed by atoms with van der Waals surface area (Å²) in [7, 11) is 0. The molecule has 2 N–H and O–H groups in total. The minimum atomic E-state index is -0.103. The summed E-state index contributed by atoms with van der Waals surface area (Å²) in [6.07, 6.45) is 0. The minimum Gasteiger partial charge on any atom is -0.355 e. The molecule has 0 saturated carbocycles. The number of aromatic amines is 1. The van der Waals surface area contributed by atoms with Gasteiger partial charge in [0.1, 0.15) is 0 Å². The highest BCUT2D eigenvalue weighted by Crippen LogP contribution is 2.25. The zero-order valence-electron chi connectivity index (χ0n) is 13.0. The third-order valence-corrected chi connectivity index (χ3v) is 4.02. The molecule has 0 aliphatic carbocycles. The van der Waals surface area contributed by atoms with Gasteiger partial charge in [-0.1, -0.05) is 48.5 Å². The highest BCUT2D eigenvalue weighted by Gasteiger charge is 2.06. The van der Waals surface area contributed by atoms with E-state index in [0.717, 1.165) is 22.5 Å². The summed E-state index contributed by atoms with van der Waals surface area (Å²) < 4.78 is 0. The first-order valence-corrected chi connectivity index (χ1v) is 7.84. The maximum absolute atomic E-state index is 12.2. The molecule has 24 heavy (non-hydrogen) atoms. The SMILES string of the molecule is O=C(Nc1ccc(-c2cc3ccccc3[nH]2)cc1)c1ccccc1. The quantitative estimate of drug-likeness (QED) is 0.544. The Labute approximate surface area is 140 Å². The summed E-state index contributed by atoms with van der Waals surface area (Å²) in [4.78, 5) is 15.6. The maximum Gasteiger partial charge on any atom is 0.255 e. The molecule has 0 saturated heterocycles. The van der Waals surface area contributed by atoms with Crippen molar-refractivity contribution in [2.24, 2.45) is 0 Å². The van der Waals surface area contributed by atoms with Crippen molar-refractivity contribution in [3.05, 3.63) is 90.5 Å². The van der Waals surface area contributed by atoms with Crippen molar-refractivity contribution in [1.29, 1.82) is 0 Å². The summed E-state index contributed by atoms with van der Waals surface area (Å²) in [5.74, 6) is -0.103. The summed E-state index contributed by atoms with van der Waals surface area (Å²) >= 11 is 0. The zero-order chi connectivity index (χ0) is 16.4.